The van der Waals surface area contributed by atoms with E-state index < -0.39 is 10.0 Å². The van der Waals surface area contributed by atoms with Crippen molar-refractivity contribution in [2.75, 3.05) is 63.1 Å². The lowest BCUT2D eigenvalue weighted by atomic mass is 10.3. The van der Waals surface area contributed by atoms with Gasteiger partial charge >= 0.3 is 0 Å². The van der Waals surface area contributed by atoms with E-state index >= 15 is 0 Å². The van der Waals surface area contributed by atoms with Crippen LogP contribution in [-0.2, 0) is 14.8 Å². The van der Waals surface area contributed by atoms with Crippen LogP contribution in [0.4, 0.5) is 11.4 Å². The lowest BCUT2D eigenvalue weighted by Crippen LogP contribution is -2.42. The van der Waals surface area contributed by atoms with E-state index in [4.69, 9.17) is 26.4 Å². The maximum absolute atomic E-state index is 13.2. The summed E-state index contributed by atoms with van der Waals surface area (Å²) in [6.07, 6.45) is 0. The Hall–Kier alpha value is -2.60. The van der Waals surface area contributed by atoms with E-state index in [9.17, 15) is 8.42 Å². The lowest BCUT2D eigenvalue weighted by molar-refractivity contribution is 0.0389. The van der Waals surface area contributed by atoms with E-state index in [-0.39, 0.29) is 4.90 Å². The first kappa shape index (κ1) is 25.0. The molecule has 0 saturated carbocycles. The van der Waals surface area contributed by atoms with Crippen LogP contribution >= 0.6 is 12.2 Å². The zero-order chi connectivity index (χ0) is 23.7. The van der Waals surface area contributed by atoms with Crippen molar-refractivity contribution in [3.8, 4) is 11.5 Å². The predicted molar refractivity (Wildman–Crippen MR) is 133 cm³/mol. The maximum Gasteiger partial charge on any atom is 0.264 e. The molecule has 1 aliphatic rings. The number of nitrogens with one attached hydrogen (secondary N) is 3. The van der Waals surface area contributed by atoms with Gasteiger partial charge in [0, 0.05) is 37.9 Å². The topological polar surface area (TPSA) is 101 Å². The molecule has 1 aliphatic heterocycles. The lowest BCUT2D eigenvalue weighted by Gasteiger charge is -2.26. The number of morpholine rings is 1. The number of nitrogens with zero attached hydrogens (tertiary/aromatic N) is 1. The van der Waals surface area contributed by atoms with Crippen molar-refractivity contribution in [2.45, 2.75) is 11.8 Å². The van der Waals surface area contributed by atoms with Crippen LogP contribution in [-0.4, -0.2) is 71.5 Å². The van der Waals surface area contributed by atoms with Crippen LogP contribution in [0.5, 0.6) is 11.5 Å². The molecule has 3 N–H and O–H groups in total. The highest BCUT2D eigenvalue weighted by Crippen LogP contribution is 2.28. The fourth-order valence-corrected chi connectivity index (χ4v) is 4.72. The molecule has 180 valence electrons. The number of thiocarbonyl (C=S) groups is 1. The van der Waals surface area contributed by atoms with E-state index in [0.29, 0.717) is 41.1 Å². The smallest absolute Gasteiger partial charge is 0.264 e. The van der Waals surface area contributed by atoms with Crippen molar-refractivity contribution in [1.29, 1.82) is 0 Å². The van der Waals surface area contributed by atoms with Gasteiger partial charge in [-0.3, -0.25) is 9.62 Å². The molecule has 0 unspecified atom stereocenters. The first-order valence-corrected chi connectivity index (χ1v) is 12.6. The summed E-state index contributed by atoms with van der Waals surface area (Å²) < 4.78 is 44.9. The van der Waals surface area contributed by atoms with Gasteiger partial charge in [0.1, 0.15) is 16.4 Å². The summed E-state index contributed by atoms with van der Waals surface area (Å²) in [5, 5.41) is 6.47. The Bertz CT molecular complexity index is 1030. The van der Waals surface area contributed by atoms with Crippen LogP contribution in [0.1, 0.15) is 6.92 Å². The Morgan fingerprint density at radius 2 is 1.82 bits per heavy atom. The number of ether oxygens (including phenoxy) is 3. The highest BCUT2D eigenvalue weighted by atomic mass is 32.2. The van der Waals surface area contributed by atoms with Gasteiger partial charge in [0.05, 0.1) is 32.6 Å². The molecule has 0 atom stereocenters. The fraction of sp³-hybridized carbons (Fsp3) is 0.409. The molecule has 0 radical (unpaired) electrons. The van der Waals surface area contributed by atoms with E-state index in [2.05, 4.69) is 20.3 Å². The second-order valence-corrected chi connectivity index (χ2v) is 9.32. The van der Waals surface area contributed by atoms with Crippen LogP contribution in [0, 0.1) is 0 Å². The molecule has 3 rings (SSSR count). The summed E-state index contributed by atoms with van der Waals surface area (Å²) >= 11 is 5.39. The van der Waals surface area contributed by atoms with Crippen LogP contribution in [0.25, 0.3) is 0 Å². The molecular weight excluding hydrogens is 464 g/mol. The van der Waals surface area contributed by atoms with Gasteiger partial charge in [0.25, 0.3) is 10.0 Å². The third kappa shape index (κ3) is 7.46. The van der Waals surface area contributed by atoms with Crippen LogP contribution in [0.15, 0.2) is 47.4 Å². The average molecular weight is 495 g/mol. The number of anilines is 2. The van der Waals surface area contributed by atoms with E-state index in [1.165, 1.54) is 13.2 Å². The summed E-state index contributed by atoms with van der Waals surface area (Å²) in [6.45, 7) is 7.11. The molecule has 2 aromatic carbocycles. The summed E-state index contributed by atoms with van der Waals surface area (Å²) in [5.41, 5.74) is 0.761. The third-order valence-electron chi connectivity index (χ3n) is 4.96. The highest BCUT2D eigenvalue weighted by Gasteiger charge is 2.21. The molecule has 0 spiro atoms. The third-order valence-corrected chi connectivity index (χ3v) is 6.63. The van der Waals surface area contributed by atoms with Crippen molar-refractivity contribution < 1.29 is 22.6 Å². The van der Waals surface area contributed by atoms with Gasteiger partial charge in [0.2, 0.25) is 0 Å². The van der Waals surface area contributed by atoms with Crippen LogP contribution in [0.2, 0.25) is 0 Å². The van der Waals surface area contributed by atoms with Crippen molar-refractivity contribution in [3.63, 3.8) is 0 Å². The number of rotatable bonds is 10. The second kappa shape index (κ2) is 12.0. The Morgan fingerprint density at radius 3 is 2.48 bits per heavy atom. The minimum absolute atomic E-state index is 0.0214. The molecule has 2 aromatic rings. The summed E-state index contributed by atoms with van der Waals surface area (Å²) in [4.78, 5) is 2.30. The maximum atomic E-state index is 13.2. The molecule has 0 amide bonds. The van der Waals surface area contributed by atoms with Crippen LogP contribution in [0.3, 0.4) is 0 Å². The average Bonchev–Trinajstić information content (AvgIpc) is 2.81. The largest absolute Gasteiger partial charge is 0.497 e. The molecule has 0 aromatic heterocycles. The minimum Gasteiger partial charge on any atom is -0.497 e. The normalized spacial score (nSPS) is 14.4. The molecule has 9 nitrogen and oxygen atoms in total. The van der Waals surface area contributed by atoms with Gasteiger partial charge in [-0.15, -0.1) is 0 Å². The Labute approximate surface area is 200 Å². The zero-order valence-corrected chi connectivity index (χ0v) is 20.4. The Morgan fingerprint density at radius 1 is 1.12 bits per heavy atom. The molecule has 1 heterocycles. The second-order valence-electron chi connectivity index (χ2n) is 7.26. The number of hydrogen-bond donors (Lipinski definition) is 3. The molecule has 0 bridgehead atoms. The van der Waals surface area contributed by atoms with Crippen molar-refractivity contribution in [1.82, 2.24) is 10.2 Å². The van der Waals surface area contributed by atoms with Gasteiger partial charge in [-0.1, -0.05) is 0 Å². The van der Waals surface area contributed by atoms with E-state index in [1.54, 1.807) is 36.4 Å². The molecule has 1 fully saturated rings. The van der Waals surface area contributed by atoms with Gasteiger partial charge in [-0.05, 0) is 55.5 Å². The molecule has 11 heteroatoms. The van der Waals surface area contributed by atoms with Gasteiger partial charge in [-0.2, -0.15) is 0 Å². The van der Waals surface area contributed by atoms with Crippen molar-refractivity contribution >= 4 is 38.7 Å². The first-order chi connectivity index (χ1) is 15.9. The van der Waals surface area contributed by atoms with Crippen molar-refractivity contribution in [3.05, 3.63) is 42.5 Å². The monoisotopic (exact) mass is 494 g/mol. The van der Waals surface area contributed by atoms with E-state index in [0.717, 1.165) is 32.8 Å². The summed E-state index contributed by atoms with van der Waals surface area (Å²) in [7, 11) is -2.45. The van der Waals surface area contributed by atoms with E-state index in [1.807, 2.05) is 6.92 Å². The van der Waals surface area contributed by atoms with Gasteiger partial charge in [0.15, 0.2) is 5.11 Å². The zero-order valence-electron chi connectivity index (χ0n) is 18.8. The first-order valence-electron chi connectivity index (χ1n) is 10.7. The summed E-state index contributed by atoms with van der Waals surface area (Å²) in [5.74, 6) is 1.08. The fourth-order valence-electron chi connectivity index (χ4n) is 3.27. The van der Waals surface area contributed by atoms with Gasteiger partial charge < -0.3 is 24.8 Å². The molecule has 1 saturated heterocycles. The standard InChI is InChI=1S/C22H30N4O5S2/c1-3-31-18-6-4-17(5-7-18)25-33(27,28)21-16-19(29-2)8-9-20(21)24-22(32)23-10-11-26-12-14-30-15-13-26/h4-9,16,25H,3,10-15H2,1-2H3,(H2,23,24,32). The predicted octanol–water partition coefficient (Wildman–Crippen LogP) is 2.51. The highest BCUT2D eigenvalue weighted by molar-refractivity contribution is 7.93. The Kier molecular flexibility index (Phi) is 9.12. The summed E-state index contributed by atoms with van der Waals surface area (Å²) in [6, 6.07) is 11.5. The number of methoxy groups -OCH3 is 1. The number of benzene rings is 2. The molecular formula is C22H30N4O5S2. The SMILES string of the molecule is CCOc1ccc(NS(=O)(=O)c2cc(OC)ccc2NC(=S)NCCN2CCOCC2)cc1. The quantitative estimate of drug-likeness (QED) is 0.430. The minimum atomic E-state index is -3.93. The number of hydrogen-bond acceptors (Lipinski definition) is 7. The Balaban J connectivity index is 1.69. The van der Waals surface area contributed by atoms with Gasteiger partial charge in [-0.25, -0.2) is 8.42 Å². The molecule has 33 heavy (non-hydrogen) atoms. The van der Waals surface area contributed by atoms with Crippen molar-refractivity contribution in [2.24, 2.45) is 0 Å². The van der Waals surface area contributed by atoms with Crippen LogP contribution < -0.4 is 24.8 Å². The number of sulfonamides is 1. The molecule has 0 aliphatic carbocycles.